The van der Waals surface area contributed by atoms with Crippen molar-refractivity contribution in [2.24, 2.45) is 0 Å². The van der Waals surface area contributed by atoms with Gasteiger partial charge in [-0.05, 0) is 23.8 Å². The van der Waals surface area contributed by atoms with Gasteiger partial charge in [0, 0.05) is 18.7 Å². The highest BCUT2D eigenvalue weighted by Gasteiger charge is 2.20. The Hall–Kier alpha value is -2.31. The molecule has 6 nitrogen and oxygen atoms in total. The minimum absolute atomic E-state index is 0. The van der Waals surface area contributed by atoms with E-state index in [0.29, 0.717) is 30.3 Å². The normalized spacial score (nSPS) is 11.6. The number of hydrogen-bond donors (Lipinski definition) is 1. The summed E-state index contributed by atoms with van der Waals surface area (Å²) in [6.07, 6.45) is 0. The molecule has 0 saturated heterocycles. The van der Waals surface area contributed by atoms with Crippen molar-refractivity contribution in [3.8, 4) is 28.7 Å². The fourth-order valence-electron chi connectivity index (χ4n) is 2.72. The quantitative estimate of drug-likeness (QED) is 0.811. The number of rotatable bonds is 7. The summed E-state index contributed by atoms with van der Waals surface area (Å²) in [6.45, 7) is 1.54. The first-order valence-corrected chi connectivity index (χ1v) is 7.64. The van der Waals surface area contributed by atoms with Gasteiger partial charge >= 0.3 is 0 Å². The minimum atomic E-state index is 0. The van der Waals surface area contributed by atoms with Gasteiger partial charge in [0.05, 0.1) is 21.3 Å². The third-order valence-electron chi connectivity index (χ3n) is 3.85. The first-order valence-electron chi connectivity index (χ1n) is 7.64. The Morgan fingerprint density at radius 2 is 1.76 bits per heavy atom. The average molecular weight is 368 g/mol. The second kappa shape index (κ2) is 8.69. The lowest BCUT2D eigenvalue weighted by Crippen LogP contribution is -2.13. The predicted octanol–water partition coefficient (Wildman–Crippen LogP) is 3.15. The SMILES string of the molecule is COc1cccc(CNCc2cc(OC)c3c(c2)OCO3)c1OC.Cl. The number of para-hydroxylation sites is 1. The summed E-state index contributed by atoms with van der Waals surface area (Å²) in [5.41, 5.74) is 2.09. The van der Waals surface area contributed by atoms with Crippen LogP contribution in [0.15, 0.2) is 30.3 Å². The molecule has 0 fully saturated rings. The third-order valence-corrected chi connectivity index (χ3v) is 3.85. The Labute approximate surface area is 153 Å². The molecule has 0 atom stereocenters. The number of benzene rings is 2. The number of halogens is 1. The van der Waals surface area contributed by atoms with Gasteiger partial charge in [-0.2, -0.15) is 0 Å². The molecule has 1 N–H and O–H groups in total. The lowest BCUT2D eigenvalue weighted by atomic mass is 10.1. The highest BCUT2D eigenvalue weighted by atomic mass is 35.5. The highest BCUT2D eigenvalue weighted by Crippen LogP contribution is 2.41. The molecule has 1 aliphatic rings. The van der Waals surface area contributed by atoms with Crippen molar-refractivity contribution in [2.75, 3.05) is 28.1 Å². The first-order chi connectivity index (χ1) is 11.8. The topological polar surface area (TPSA) is 58.2 Å². The van der Waals surface area contributed by atoms with E-state index in [0.717, 1.165) is 22.6 Å². The van der Waals surface area contributed by atoms with Crippen LogP contribution in [0.5, 0.6) is 28.7 Å². The van der Waals surface area contributed by atoms with Gasteiger partial charge in [0.25, 0.3) is 0 Å². The number of fused-ring (bicyclic) bond motifs is 1. The Balaban J connectivity index is 0.00000225. The molecule has 0 bridgehead atoms. The number of hydrogen-bond acceptors (Lipinski definition) is 6. The van der Waals surface area contributed by atoms with Crippen LogP contribution < -0.4 is 29.0 Å². The maximum absolute atomic E-state index is 5.45. The van der Waals surface area contributed by atoms with Crippen LogP contribution in [0.25, 0.3) is 0 Å². The van der Waals surface area contributed by atoms with E-state index in [9.17, 15) is 0 Å². The Morgan fingerprint density at radius 1 is 0.960 bits per heavy atom. The molecule has 2 aromatic rings. The van der Waals surface area contributed by atoms with Gasteiger partial charge in [-0.1, -0.05) is 12.1 Å². The lowest BCUT2D eigenvalue weighted by Gasteiger charge is -2.13. The van der Waals surface area contributed by atoms with Crippen molar-refractivity contribution in [3.63, 3.8) is 0 Å². The van der Waals surface area contributed by atoms with Crippen LogP contribution in [-0.2, 0) is 13.1 Å². The molecular formula is C18H22ClNO5. The highest BCUT2D eigenvalue weighted by molar-refractivity contribution is 5.85. The summed E-state index contributed by atoms with van der Waals surface area (Å²) in [4.78, 5) is 0. The zero-order valence-corrected chi connectivity index (χ0v) is 15.3. The van der Waals surface area contributed by atoms with Crippen molar-refractivity contribution < 1.29 is 23.7 Å². The Kier molecular flexibility index (Phi) is 6.61. The van der Waals surface area contributed by atoms with Gasteiger partial charge in [0.1, 0.15) is 0 Å². The molecule has 0 amide bonds. The maximum atomic E-state index is 5.45. The molecule has 25 heavy (non-hydrogen) atoms. The summed E-state index contributed by atoms with van der Waals surface area (Å²) >= 11 is 0. The van der Waals surface area contributed by atoms with Crippen LogP contribution in [0.2, 0.25) is 0 Å². The third kappa shape index (κ3) is 4.03. The predicted molar refractivity (Wildman–Crippen MR) is 96.5 cm³/mol. The van der Waals surface area contributed by atoms with Gasteiger partial charge in [0.2, 0.25) is 12.5 Å². The zero-order chi connectivity index (χ0) is 16.9. The van der Waals surface area contributed by atoms with E-state index in [-0.39, 0.29) is 19.2 Å². The van der Waals surface area contributed by atoms with Crippen LogP contribution in [0.3, 0.4) is 0 Å². The standard InChI is InChI=1S/C18H21NO5.ClH/c1-20-14-6-4-5-13(17(14)22-3)10-19-9-12-7-15(21-2)18-16(8-12)23-11-24-18;/h4-8,19H,9-11H2,1-3H3;1H. The van der Waals surface area contributed by atoms with Crippen LogP contribution in [0.4, 0.5) is 0 Å². The molecule has 0 radical (unpaired) electrons. The zero-order valence-electron chi connectivity index (χ0n) is 14.5. The molecule has 0 saturated carbocycles. The van der Waals surface area contributed by atoms with Gasteiger partial charge in [0.15, 0.2) is 23.0 Å². The van der Waals surface area contributed by atoms with Gasteiger partial charge < -0.3 is 29.0 Å². The summed E-state index contributed by atoms with van der Waals surface area (Å²) in [5.74, 6) is 3.53. The van der Waals surface area contributed by atoms with Crippen LogP contribution >= 0.6 is 12.4 Å². The van der Waals surface area contributed by atoms with E-state index in [1.807, 2.05) is 30.3 Å². The number of methoxy groups -OCH3 is 3. The minimum Gasteiger partial charge on any atom is -0.493 e. The fraction of sp³-hybridized carbons (Fsp3) is 0.333. The van der Waals surface area contributed by atoms with Crippen molar-refractivity contribution in [1.29, 1.82) is 0 Å². The van der Waals surface area contributed by atoms with Crippen LogP contribution in [-0.4, -0.2) is 28.1 Å². The molecule has 0 aliphatic carbocycles. The molecule has 0 unspecified atom stereocenters. The average Bonchev–Trinajstić information content (AvgIpc) is 3.09. The van der Waals surface area contributed by atoms with E-state index < -0.39 is 0 Å². The molecule has 1 aliphatic heterocycles. The molecule has 1 heterocycles. The van der Waals surface area contributed by atoms with Gasteiger partial charge in [-0.15, -0.1) is 12.4 Å². The summed E-state index contributed by atoms with van der Waals surface area (Å²) < 4.78 is 27.0. The summed E-state index contributed by atoms with van der Waals surface area (Å²) in [6, 6.07) is 9.74. The van der Waals surface area contributed by atoms with Gasteiger partial charge in [-0.3, -0.25) is 0 Å². The molecule has 7 heteroatoms. The molecule has 3 rings (SSSR count). The number of nitrogens with one attached hydrogen (secondary N) is 1. The van der Waals surface area contributed by atoms with Crippen LogP contribution in [0.1, 0.15) is 11.1 Å². The van der Waals surface area contributed by atoms with Crippen LogP contribution in [0, 0.1) is 0 Å². The van der Waals surface area contributed by atoms with E-state index >= 15 is 0 Å². The first kappa shape index (κ1) is 19.0. The van der Waals surface area contributed by atoms with Crippen molar-refractivity contribution >= 4 is 12.4 Å². The van der Waals surface area contributed by atoms with Crippen molar-refractivity contribution in [2.45, 2.75) is 13.1 Å². The Morgan fingerprint density at radius 3 is 2.48 bits per heavy atom. The smallest absolute Gasteiger partial charge is 0.231 e. The molecule has 0 aromatic heterocycles. The fourth-order valence-corrected chi connectivity index (χ4v) is 2.72. The second-order valence-corrected chi connectivity index (χ2v) is 5.29. The van der Waals surface area contributed by atoms with Crippen molar-refractivity contribution in [1.82, 2.24) is 5.32 Å². The maximum Gasteiger partial charge on any atom is 0.231 e. The largest absolute Gasteiger partial charge is 0.493 e. The van der Waals surface area contributed by atoms with E-state index in [4.69, 9.17) is 23.7 Å². The molecule has 0 spiro atoms. The van der Waals surface area contributed by atoms with E-state index in [1.165, 1.54) is 0 Å². The summed E-state index contributed by atoms with van der Waals surface area (Å²) in [5, 5.41) is 3.40. The summed E-state index contributed by atoms with van der Waals surface area (Å²) in [7, 11) is 4.90. The Bertz CT molecular complexity index is 723. The lowest BCUT2D eigenvalue weighted by molar-refractivity contribution is 0.171. The molecule has 2 aromatic carbocycles. The van der Waals surface area contributed by atoms with E-state index in [2.05, 4.69) is 5.32 Å². The molecular weight excluding hydrogens is 346 g/mol. The number of ether oxygens (including phenoxy) is 5. The van der Waals surface area contributed by atoms with E-state index in [1.54, 1.807) is 21.3 Å². The van der Waals surface area contributed by atoms with Crippen molar-refractivity contribution in [3.05, 3.63) is 41.5 Å². The second-order valence-electron chi connectivity index (χ2n) is 5.29. The molecule has 136 valence electrons. The monoisotopic (exact) mass is 367 g/mol. The van der Waals surface area contributed by atoms with Gasteiger partial charge in [-0.25, -0.2) is 0 Å².